The van der Waals surface area contributed by atoms with E-state index in [1.807, 2.05) is 6.92 Å². The van der Waals surface area contributed by atoms with Crippen LogP contribution in [0.25, 0.3) is 0 Å². The molecule has 0 aromatic heterocycles. The SMILES string of the molecule is CCC1CCCN1C(=O)NC(CCCOC)C(=O)O. The first-order valence-electron chi connectivity index (χ1n) is 6.89. The van der Waals surface area contributed by atoms with Gasteiger partial charge >= 0.3 is 12.0 Å². The fourth-order valence-electron chi connectivity index (χ4n) is 2.45. The molecule has 19 heavy (non-hydrogen) atoms. The number of carbonyl (C=O) groups is 2. The van der Waals surface area contributed by atoms with Crippen molar-refractivity contribution < 1.29 is 19.4 Å². The van der Waals surface area contributed by atoms with Gasteiger partial charge in [-0.3, -0.25) is 0 Å². The van der Waals surface area contributed by atoms with E-state index in [1.54, 1.807) is 12.0 Å². The molecular formula is C13H24N2O4. The van der Waals surface area contributed by atoms with Crippen LogP contribution >= 0.6 is 0 Å². The molecule has 2 atom stereocenters. The minimum atomic E-state index is -0.989. The van der Waals surface area contributed by atoms with Crippen molar-refractivity contribution in [3.8, 4) is 0 Å². The lowest BCUT2D eigenvalue weighted by Gasteiger charge is -2.26. The third-order valence-corrected chi connectivity index (χ3v) is 3.55. The Bertz CT molecular complexity index is 309. The topological polar surface area (TPSA) is 78.9 Å². The second-order valence-electron chi connectivity index (χ2n) is 4.87. The predicted molar refractivity (Wildman–Crippen MR) is 71.1 cm³/mol. The molecule has 1 saturated heterocycles. The second kappa shape index (κ2) is 7.99. The number of carboxylic acids is 1. The van der Waals surface area contributed by atoms with Gasteiger partial charge in [0, 0.05) is 26.3 Å². The van der Waals surface area contributed by atoms with Crippen molar-refractivity contribution in [2.75, 3.05) is 20.3 Å². The van der Waals surface area contributed by atoms with Gasteiger partial charge in [0.15, 0.2) is 0 Å². The first-order chi connectivity index (χ1) is 9.10. The molecule has 1 heterocycles. The molecule has 1 aliphatic rings. The van der Waals surface area contributed by atoms with Crippen molar-refractivity contribution >= 4 is 12.0 Å². The Hall–Kier alpha value is -1.30. The highest BCUT2D eigenvalue weighted by atomic mass is 16.5. The maximum absolute atomic E-state index is 12.1. The van der Waals surface area contributed by atoms with E-state index in [-0.39, 0.29) is 12.1 Å². The fraction of sp³-hybridized carbons (Fsp3) is 0.846. The van der Waals surface area contributed by atoms with Gasteiger partial charge in [0.05, 0.1) is 0 Å². The zero-order chi connectivity index (χ0) is 14.3. The first-order valence-corrected chi connectivity index (χ1v) is 6.89. The van der Waals surface area contributed by atoms with Crippen molar-refractivity contribution in [2.24, 2.45) is 0 Å². The minimum Gasteiger partial charge on any atom is -0.480 e. The summed E-state index contributed by atoms with van der Waals surface area (Å²) in [4.78, 5) is 25.0. The standard InChI is InChI=1S/C13H24N2O4/c1-3-10-6-4-8-15(10)13(18)14-11(12(16)17)7-5-9-19-2/h10-11H,3-9H2,1-2H3,(H,14,18)(H,16,17). The van der Waals surface area contributed by atoms with Crippen LogP contribution < -0.4 is 5.32 Å². The third-order valence-electron chi connectivity index (χ3n) is 3.55. The van der Waals surface area contributed by atoms with Gasteiger partial charge in [0.2, 0.25) is 0 Å². The summed E-state index contributed by atoms with van der Waals surface area (Å²) in [6.45, 7) is 3.26. The van der Waals surface area contributed by atoms with E-state index in [2.05, 4.69) is 5.32 Å². The van der Waals surface area contributed by atoms with Crippen molar-refractivity contribution in [1.82, 2.24) is 10.2 Å². The number of carbonyl (C=O) groups excluding carboxylic acids is 1. The molecule has 6 heteroatoms. The van der Waals surface area contributed by atoms with E-state index in [0.29, 0.717) is 19.4 Å². The normalized spacial score (nSPS) is 20.3. The number of urea groups is 1. The molecule has 6 nitrogen and oxygen atoms in total. The highest BCUT2D eigenvalue weighted by Gasteiger charge is 2.29. The van der Waals surface area contributed by atoms with Crippen LogP contribution in [0.15, 0.2) is 0 Å². The lowest BCUT2D eigenvalue weighted by molar-refractivity contribution is -0.139. The molecule has 0 spiro atoms. The number of hydrogen-bond acceptors (Lipinski definition) is 3. The minimum absolute atomic E-state index is 0.244. The number of methoxy groups -OCH3 is 1. The number of aliphatic carboxylic acids is 1. The van der Waals surface area contributed by atoms with Crippen LogP contribution in [0, 0.1) is 0 Å². The number of nitrogens with zero attached hydrogens (tertiary/aromatic N) is 1. The van der Waals surface area contributed by atoms with E-state index in [1.165, 1.54) is 0 Å². The molecule has 1 rings (SSSR count). The molecule has 0 bridgehead atoms. The molecule has 0 aromatic rings. The lowest BCUT2D eigenvalue weighted by Crippen LogP contribution is -2.49. The largest absolute Gasteiger partial charge is 0.480 e. The van der Waals surface area contributed by atoms with Crippen molar-refractivity contribution in [1.29, 1.82) is 0 Å². The molecule has 110 valence electrons. The molecular weight excluding hydrogens is 248 g/mol. The monoisotopic (exact) mass is 272 g/mol. The number of rotatable bonds is 7. The highest BCUT2D eigenvalue weighted by molar-refractivity contribution is 5.82. The molecule has 2 amide bonds. The van der Waals surface area contributed by atoms with Crippen molar-refractivity contribution in [2.45, 2.75) is 51.1 Å². The molecule has 1 fully saturated rings. The van der Waals surface area contributed by atoms with Crippen LogP contribution in [0.2, 0.25) is 0 Å². The maximum atomic E-state index is 12.1. The number of amides is 2. The lowest BCUT2D eigenvalue weighted by atomic mass is 10.1. The van der Waals surface area contributed by atoms with Crippen LogP contribution in [-0.2, 0) is 9.53 Å². The van der Waals surface area contributed by atoms with Crippen LogP contribution in [0.5, 0.6) is 0 Å². The van der Waals surface area contributed by atoms with Gasteiger partial charge < -0.3 is 20.1 Å². The molecule has 1 aliphatic heterocycles. The Morgan fingerprint density at radius 1 is 1.53 bits per heavy atom. The summed E-state index contributed by atoms with van der Waals surface area (Å²) in [5.74, 6) is -0.989. The van der Waals surface area contributed by atoms with Gasteiger partial charge in [-0.1, -0.05) is 6.92 Å². The molecule has 0 aromatic carbocycles. The summed E-state index contributed by atoms with van der Waals surface area (Å²) in [6.07, 6.45) is 3.91. The quantitative estimate of drug-likeness (QED) is 0.688. The second-order valence-corrected chi connectivity index (χ2v) is 4.87. The van der Waals surface area contributed by atoms with E-state index >= 15 is 0 Å². The van der Waals surface area contributed by atoms with Gasteiger partial charge in [0.1, 0.15) is 6.04 Å². The average Bonchev–Trinajstić information content (AvgIpc) is 2.85. The zero-order valence-corrected chi connectivity index (χ0v) is 11.7. The molecule has 2 unspecified atom stereocenters. The van der Waals surface area contributed by atoms with E-state index in [4.69, 9.17) is 9.84 Å². The summed E-state index contributed by atoms with van der Waals surface area (Å²) in [5.41, 5.74) is 0. The van der Waals surface area contributed by atoms with Gasteiger partial charge in [-0.15, -0.1) is 0 Å². The summed E-state index contributed by atoms with van der Waals surface area (Å²) in [5, 5.41) is 11.7. The fourth-order valence-corrected chi connectivity index (χ4v) is 2.45. The Kier molecular flexibility index (Phi) is 6.62. The Morgan fingerprint density at radius 3 is 2.84 bits per heavy atom. The van der Waals surface area contributed by atoms with Gasteiger partial charge in [0.25, 0.3) is 0 Å². The average molecular weight is 272 g/mol. The Labute approximate surface area is 114 Å². The van der Waals surface area contributed by atoms with Crippen molar-refractivity contribution in [3.63, 3.8) is 0 Å². The third kappa shape index (κ3) is 4.70. The number of carboxylic acid groups (broad SMARTS) is 1. The molecule has 2 N–H and O–H groups in total. The summed E-state index contributed by atoms with van der Waals surface area (Å²) < 4.78 is 4.90. The smallest absolute Gasteiger partial charge is 0.326 e. The van der Waals surface area contributed by atoms with Crippen LogP contribution in [0.4, 0.5) is 4.79 Å². The highest BCUT2D eigenvalue weighted by Crippen LogP contribution is 2.19. The Morgan fingerprint density at radius 2 is 2.26 bits per heavy atom. The summed E-state index contributed by atoms with van der Waals surface area (Å²) >= 11 is 0. The molecule has 0 aliphatic carbocycles. The van der Waals surface area contributed by atoms with Crippen molar-refractivity contribution in [3.05, 3.63) is 0 Å². The van der Waals surface area contributed by atoms with Gasteiger partial charge in [-0.2, -0.15) is 0 Å². The van der Waals surface area contributed by atoms with Gasteiger partial charge in [-0.05, 0) is 32.1 Å². The molecule has 0 radical (unpaired) electrons. The summed E-state index contributed by atoms with van der Waals surface area (Å²) in [6, 6.07) is -0.844. The van der Waals surface area contributed by atoms with E-state index in [9.17, 15) is 9.59 Å². The summed E-state index contributed by atoms with van der Waals surface area (Å²) in [7, 11) is 1.57. The number of nitrogens with one attached hydrogen (secondary N) is 1. The first kappa shape index (κ1) is 15.8. The van der Waals surface area contributed by atoms with E-state index < -0.39 is 12.0 Å². The Balaban J connectivity index is 2.48. The maximum Gasteiger partial charge on any atom is 0.326 e. The van der Waals surface area contributed by atoms with Crippen LogP contribution in [0.1, 0.15) is 39.0 Å². The zero-order valence-electron chi connectivity index (χ0n) is 11.7. The van der Waals surface area contributed by atoms with Crippen LogP contribution in [0.3, 0.4) is 0 Å². The number of ether oxygens (including phenoxy) is 1. The van der Waals surface area contributed by atoms with Gasteiger partial charge in [-0.25, -0.2) is 9.59 Å². The predicted octanol–water partition coefficient (Wildman–Crippen LogP) is 1.45. The van der Waals surface area contributed by atoms with E-state index in [0.717, 1.165) is 25.8 Å². The van der Waals surface area contributed by atoms with Crippen LogP contribution in [-0.4, -0.2) is 54.4 Å². The number of hydrogen-bond donors (Lipinski definition) is 2. The number of likely N-dealkylation sites (tertiary alicyclic amines) is 1. The molecule has 0 saturated carbocycles.